The topological polar surface area (TPSA) is 25.3 Å². The average Bonchev–Trinajstić information content (AvgIpc) is 3.60. The first-order valence-corrected chi connectivity index (χ1v) is 27.9. The van der Waals surface area contributed by atoms with Gasteiger partial charge in [-0.15, -0.1) is 0 Å². The number of unbranched alkanes of at least 4 members (excludes halogenated alkanes) is 16. The number of benzene rings is 2. The zero-order valence-electron chi connectivity index (χ0n) is 43.7. The SMILES string of the molecule is CCCCCCCCCCCCCC#CC1=C(c2ccccc2CCC(C=C(CC)CCCCC)CC)[N+](=[N-])C(c2ccccc2CCC(C=C(CC)CCCCC)CC)=C1CCCC. The maximum Gasteiger partial charge on any atom is 0.223 e. The molecule has 1 heterocycles. The lowest BCUT2D eigenvalue weighted by Gasteiger charge is -2.17. The lowest BCUT2D eigenvalue weighted by molar-refractivity contribution is -0.345. The highest BCUT2D eigenvalue weighted by molar-refractivity contribution is 5.86. The summed E-state index contributed by atoms with van der Waals surface area (Å²) < 4.78 is 1.59. The molecule has 2 aromatic carbocycles. The molecule has 0 radical (unpaired) electrons. The van der Waals surface area contributed by atoms with Crippen LogP contribution in [-0.2, 0) is 12.8 Å². The van der Waals surface area contributed by atoms with E-state index in [-0.39, 0.29) is 0 Å². The molecule has 360 valence electrons. The summed E-state index contributed by atoms with van der Waals surface area (Å²) in [5.41, 5.74) is 25.2. The second-order valence-electron chi connectivity index (χ2n) is 19.6. The summed E-state index contributed by atoms with van der Waals surface area (Å²) in [6.45, 7) is 18.6. The van der Waals surface area contributed by atoms with Gasteiger partial charge in [-0.3, -0.25) is 0 Å². The molecular weight excluding hydrogens is 785 g/mol. The van der Waals surface area contributed by atoms with Crippen LogP contribution in [0, 0.1) is 23.7 Å². The number of hydrogen-bond acceptors (Lipinski definition) is 0. The third-order valence-electron chi connectivity index (χ3n) is 14.4. The van der Waals surface area contributed by atoms with Gasteiger partial charge >= 0.3 is 0 Å². The lowest BCUT2D eigenvalue weighted by Crippen LogP contribution is -2.08. The van der Waals surface area contributed by atoms with Gasteiger partial charge < -0.3 is 5.53 Å². The van der Waals surface area contributed by atoms with E-state index in [0.29, 0.717) is 11.8 Å². The van der Waals surface area contributed by atoms with Crippen LogP contribution >= 0.6 is 0 Å². The van der Waals surface area contributed by atoms with Crippen molar-refractivity contribution in [2.24, 2.45) is 11.8 Å². The van der Waals surface area contributed by atoms with Crippen LogP contribution < -0.4 is 0 Å². The Balaban J connectivity index is 2.01. The van der Waals surface area contributed by atoms with E-state index in [1.54, 1.807) is 15.8 Å². The number of rotatable bonds is 36. The van der Waals surface area contributed by atoms with Crippen molar-refractivity contribution < 1.29 is 4.70 Å². The molecule has 1 aliphatic heterocycles. The molecule has 0 spiro atoms. The van der Waals surface area contributed by atoms with Crippen molar-refractivity contribution >= 4 is 11.4 Å². The second-order valence-corrected chi connectivity index (χ2v) is 19.6. The molecule has 0 aliphatic carbocycles. The van der Waals surface area contributed by atoms with Gasteiger partial charge in [0.05, 0.1) is 5.56 Å². The van der Waals surface area contributed by atoms with E-state index >= 15 is 0 Å². The highest BCUT2D eigenvalue weighted by atomic mass is 15.2. The van der Waals surface area contributed by atoms with Crippen LogP contribution in [0.5, 0.6) is 0 Å². The third kappa shape index (κ3) is 20.1. The van der Waals surface area contributed by atoms with Crippen molar-refractivity contribution in [3.8, 4) is 11.8 Å². The van der Waals surface area contributed by atoms with Crippen LogP contribution in [0.1, 0.15) is 264 Å². The van der Waals surface area contributed by atoms with E-state index in [9.17, 15) is 5.53 Å². The Morgan fingerprint density at radius 1 is 0.508 bits per heavy atom. The summed E-state index contributed by atoms with van der Waals surface area (Å²) in [6.07, 6.45) is 43.0. The quantitative estimate of drug-likeness (QED) is 0.0282. The molecule has 0 saturated carbocycles. The van der Waals surface area contributed by atoms with Gasteiger partial charge in [0.15, 0.2) is 0 Å². The van der Waals surface area contributed by atoms with Crippen LogP contribution in [0.3, 0.4) is 0 Å². The fourth-order valence-electron chi connectivity index (χ4n) is 9.95. The van der Waals surface area contributed by atoms with Gasteiger partial charge in [0, 0.05) is 17.6 Å². The van der Waals surface area contributed by atoms with E-state index in [0.717, 1.165) is 106 Å². The number of nitrogens with zero attached hydrogens (tertiary/aromatic N) is 2. The van der Waals surface area contributed by atoms with Crippen molar-refractivity contribution in [1.82, 2.24) is 0 Å². The van der Waals surface area contributed by atoms with Gasteiger partial charge in [0.25, 0.3) is 0 Å². The zero-order valence-corrected chi connectivity index (χ0v) is 43.7. The maximum absolute atomic E-state index is 12.8. The normalized spacial score (nSPS) is 14.4. The fourth-order valence-corrected chi connectivity index (χ4v) is 9.95. The summed E-state index contributed by atoms with van der Waals surface area (Å²) in [6, 6.07) is 17.9. The van der Waals surface area contributed by atoms with Gasteiger partial charge in [-0.25, -0.2) is 4.70 Å². The highest BCUT2D eigenvalue weighted by Crippen LogP contribution is 2.44. The Kier molecular flexibility index (Phi) is 29.9. The first-order valence-electron chi connectivity index (χ1n) is 27.9. The van der Waals surface area contributed by atoms with Gasteiger partial charge in [0.1, 0.15) is 5.57 Å². The highest BCUT2D eigenvalue weighted by Gasteiger charge is 2.37. The minimum absolute atomic E-state index is 0.555. The minimum atomic E-state index is 0.555. The molecule has 0 aromatic heterocycles. The van der Waals surface area contributed by atoms with Crippen LogP contribution in [-0.4, -0.2) is 4.70 Å². The first kappa shape index (κ1) is 55.9. The largest absolute Gasteiger partial charge is 0.493 e. The number of aryl methyl sites for hydroxylation is 2. The Hall–Kier alpha value is -3.44. The summed E-state index contributed by atoms with van der Waals surface area (Å²) in [5, 5.41) is 0. The molecular formula is C63H98N2. The maximum atomic E-state index is 12.8. The minimum Gasteiger partial charge on any atom is -0.493 e. The van der Waals surface area contributed by atoms with Gasteiger partial charge in [-0.2, -0.15) is 0 Å². The van der Waals surface area contributed by atoms with E-state index in [2.05, 4.69) is 128 Å². The molecule has 2 unspecified atom stereocenters. The van der Waals surface area contributed by atoms with Crippen LogP contribution in [0.15, 0.2) is 83.0 Å². The third-order valence-corrected chi connectivity index (χ3v) is 14.4. The molecule has 0 saturated heterocycles. The van der Waals surface area contributed by atoms with Crippen molar-refractivity contribution in [3.63, 3.8) is 0 Å². The zero-order chi connectivity index (χ0) is 46.9. The molecule has 2 atom stereocenters. The number of allylic oxidation sites excluding steroid dienone is 6. The molecule has 3 rings (SSSR count). The lowest BCUT2D eigenvalue weighted by atomic mass is 9.89. The van der Waals surface area contributed by atoms with Crippen molar-refractivity contribution in [2.75, 3.05) is 0 Å². The molecule has 1 aliphatic rings. The van der Waals surface area contributed by atoms with Crippen molar-refractivity contribution in [2.45, 2.75) is 254 Å². The van der Waals surface area contributed by atoms with E-state index in [4.69, 9.17) is 0 Å². The molecule has 2 nitrogen and oxygen atoms in total. The van der Waals surface area contributed by atoms with Gasteiger partial charge in [0.2, 0.25) is 11.4 Å². The number of hydrogen-bond donors (Lipinski definition) is 0. The standard InChI is InChI=1S/C63H98N2/c1-9-17-21-22-23-24-25-26-27-28-29-30-33-45-61-60(42-20-12-4)62(58-43-36-34-40-56(58)48-46-54(15-7)50-52(13-5)38-31-18-10-2)65(64)63(61)59-44-37-35-41-57(59)49-47-55(16-8)51-53(14-6)39-32-19-11-3/h34-37,40-41,43-44,50-51,54-55H,9-32,38-39,42,46-49H2,1-8H3. The summed E-state index contributed by atoms with van der Waals surface area (Å²) >= 11 is 0. The first-order chi connectivity index (χ1) is 31.9. The van der Waals surface area contributed by atoms with Crippen molar-refractivity contribution in [1.29, 1.82) is 0 Å². The van der Waals surface area contributed by atoms with Crippen molar-refractivity contribution in [3.05, 3.63) is 111 Å². The molecule has 0 N–H and O–H groups in total. The molecule has 0 amide bonds. The Bertz CT molecular complexity index is 1820. The molecule has 0 bridgehead atoms. The summed E-state index contributed by atoms with van der Waals surface area (Å²) in [7, 11) is 0. The van der Waals surface area contributed by atoms with Crippen LogP contribution in [0.4, 0.5) is 0 Å². The monoisotopic (exact) mass is 883 g/mol. The smallest absolute Gasteiger partial charge is 0.223 e. The predicted octanol–water partition coefficient (Wildman–Crippen LogP) is 20.5. The van der Waals surface area contributed by atoms with E-state index in [1.165, 1.54) is 138 Å². The fraction of sp³-hybridized carbons (Fsp3) is 0.651. The summed E-state index contributed by atoms with van der Waals surface area (Å²) in [4.78, 5) is 0. The molecule has 65 heavy (non-hydrogen) atoms. The molecule has 0 fully saturated rings. The molecule has 2 aromatic rings. The predicted molar refractivity (Wildman–Crippen MR) is 288 cm³/mol. The van der Waals surface area contributed by atoms with Crippen LogP contribution in [0.2, 0.25) is 0 Å². The molecule has 2 heteroatoms. The second kappa shape index (κ2) is 34.8. The van der Waals surface area contributed by atoms with E-state index < -0.39 is 0 Å². The Morgan fingerprint density at radius 3 is 1.40 bits per heavy atom. The van der Waals surface area contributed by atoms with Crippen LogP contribution in [0.25, 0.3) is 16.9 Å². The summed E-state index contributed by atoms with van der Waals surface area (Å²) in [5.74, 6) is 8.61. The van der Waals surface area contributed by atoms with E-state index in [1.807, 2.05) is 0 Å². The van der Waals surface area contributed by atoms with Gasteiger partial charge in [-0.05, 0) is 131 Å². The Morgan fingerprint density at radius 2 is 0.938 bits per heavy atom. The Labute approximate surface area is 403 Å². The average molecular weight is 883 g/mol. The van der Waals surface area contributed by atoms with Gasteiger partial charge in [-0.1, -0.05) is 223 Å².